The minimum absolute atomic E-state index is 0.0454. The van der Waals surface area contributed by atoms with Crippen molar-refractivity contribution >= 4 is 17.7 Å². The van der Waals surface area contributed by atoms with E-state index in [0.29, 0.717) is 22.3 Å². The summed E-state index contributed by atoms with van der Waals surface area (Å²) in [4.78, 5) is 14.7. The van der Waals surface area contributed by atoms with Crippen LogP contribution in [-0.2, 0) is 0 Å². The van der Waals surface area contributed by atoms with Crippen molar-refractivity contribution in [1.82, 2.24) is 4.90 Å². The number of hydrogen-bond acceptors (Lipinski definition) is 5. The summed E-state index contributed by atoms with van der Waals surface area (Å²) in [5.41, 5.74) is 0.649. The highest BCUT2D eigenvalue weighted by Gasteiger charge is 2.25. The monoisotopic (exact) mass is 331 g/mol. The number of furan rings is 1. The molecule has 120 valence electrons. The van der Waals surface area contributed by atoms with Crippen LogP contribution < -0.4 is 9.47 Å². The van der Waals surface area contributed by atoms with E-state index < -0.39 is 0 Å². The van der Waals surface area contributed by atoms with Crippen molar-refractivity contribution in [1.29, 1.82) is 0 Å². The summed E-state index contributed by atoms with van der Waals surface area (Å²) in [6.07, 6.45) is 2.60. The molecule has 3 heterocycles. The number of benzene rings is 1. The maximum absolute atomic E-state index is 12.7. The van der Waals surface area contributed by atoms with E-state index in [0.717, 1.165) is 31.0 Å². The maximum Gasteiger partial charge on any atom is 0.254 e. The number of amides is 1. The smallest absolute Gasteiger partial charge is 0.254 e. The van der Waals surface area contributed by atoms with Crippen molar-refractivity contribution in [2.24, 2.45) is 0 Å². The summed E-state index contributed by atoms with van der Waals surface area (Å²) in [6.45, 7) is 1.69. The number of fused-ring (bicyclic) bond motifs is 1. The summed E-state index contributed by atoms with van der Waals surface area (Å²) in [5, 5.41) is 0.319. The fourth-order valence-corrected chi connectivity index (χ4v) is 4.07. The summed E-state index contributed by atoms with van der Waals surface area (Å²) in [6, 6.07) is 9.29. The van der Waals surface area contributed by atoms with Gasteiger partial charge in [-0.15, -0.1) is 11.8 Å². The van der Waals surface area contributed by atoms with E-state index in [2.05, 4.69) is 0 Å². The Morgan fingerprint density at radius 3 is 2.96 bits per heavy atom. The van der Waals surface area contributed by atoms with Crippen LogP contribution in [0.5, 0.6) is 11.5 Å². The van der Waals surface area contributed by atoms with Gasteiger partial charge in [-0.2, -0.15) is 0 Å². The molecule has 1 fully saturated rings. The highest BCUT2D eigenvalue weighted by molar-refractivity contribution is 7.99. The number of carbonyl (C=O) groups is 1. The van der Waals surface area contributed by atoms with E-state index in [-0.39, 0.29) is 12.7 Å². The van der Waals surface area contributed by atoms with Crippen LogP contribution in [0.25, 0.3) is 0 Å². The van der Waals surface area contributed by atoms with Crippen LogP contribution in [0.4, 0.5) is 0 Å². The van der Waals surface area contributed by atoms with Gasteiger partial charge in [0.1, 0.15) is 5.76 Å². The molecular formula is C17H17NO4S. The molecule has 5 nitrogen and oxygen atoms in total. The number of thioether (sulfide) groups is 1. The van der Waals surface area contributed by atoms with E-state index in [1.165, 1.54) is 0 Å². The highest BCUT2D eigenvalue weighted by atomic mass is 32.2. The molecule has 0 spiro atoms. The molecule has 1 aromatic carbocycles. The van der Waals surface area contributed by atoms with Crippen LogP contribution in [0.15, 0.2) is 41.0 Å². The fraction of sp³-hybridized carbons (Fsp3) is 0.353. The molecule has 0 saturated carbocycles. The molecule has 1 saturated heterocycles. The standard InChI is InChI=1S/C17H17NO4S/c19-17(12-3-4-13-15(10-12)22-11-21-13)18-6-5-16(23-9-7-18)14-2-1-8-20-14/h1-4,8,10,16H,5-7,9,11H2. The second kappa shape index (κ2) is 6.20. The molecule has 2 aliphatic heterocycles. The first kappa shape index (κ1) is 14.5. The van der Waals surface area contributed by atoms with Crippen LogP contribution in [0, 0.1) is 0 Å². The van der Waals surface area contributed by atoms with E-state index >= 15 is 0 Å². The summed E-state index contributed by atoms with van der Waals surface area (Å²) in [5.74, 6) is 3.29. The van der Waals surface area contributed by atoms with Gasteiger partial charge in [-0.1, -0.05) is 0 Å². The second-order valence-corrected chi connectivity index (χ2v) is 6.83. The van der Waals surface area contributed by atoms with Gasteiger partial charge in [-0.3, -0.25) is 4.79 Å². The first-order valence-corrected chi connectivity index (χ1v) is 8.70. The lowest BCUT2D eigenvalue weighted by Gasteiger charge is -2.20. The molecule has 1 atom stereocenters. The van der Waals surface area contributed by atoms with Crippen LogP contribution in [0.2, 0.25) is 0 Å². The van der Waals surface area contributed by atoms with Gasteiger partial charge in [0.2, 0.25) is 6.79 Å². The van der Waals surface area contributed by atoms with Crippen molar-refractivity contribution in [2.75, 3.05) is 25.6 Å². The van der Waals surface area contributed by atoms with Gasteiger partial charge in [0.15, 0.2) is 11.5 Å². The molecule has 1 aromatic heterocycles. The molecule has 2 aliphatic rings. The van der Waals surface area contributed by atoms with Gasteiger partial charge < -0.3 is 18.8 Å². The van der Waals surface area contributed by atoms with Crippen LogP contribution in [0.1, 0.15) is 27.8 Å². The maximum atomic E-state index is 12.7. The fourth-order valence-electron chi connectivity index (χ4n) is 2.89. The van der Waals surface area contributed by atoms with E-state index in [4.69, 9.17) is 13.9 Å². The van der Waals surface area contributed by atoms with E-state index in [9.17, 15) is 4.79 Å². The Bertz CT molecular complexity index is 701. The minimum Gasteiger partial charge on any atom is -0.468 e. The van der Waals surface area contributed by atoms with Crippen LogP contribution >= 0.6 is 11.8 Å². The molecular weight excluding hydrogens is 314 g/mol. The normalized spacial score (nSPS) is 20.3. The minimum atomic E-state index is 0.0454. The van der Waals surface area contributed by atoms with E-state index in [1.807, 2.05) is 28.8 Å². The Morgan fingerprint density at radius 1 is 1.17 bits per heavy atom. The van der Waals surface area contributed by atoms with Gasteiger partial charge in [0.25, 0.3) is 5.91 Å². The predicted molar refractivity (Wildman–Crippen MR) is 87.0 cm³/mol. The Labute approximate surface area is 138 Å². The second-order valence-electron chi connectivity index (χ2n) is 5.52. The lowest BCUT2D eigenvalue weighted by Crippen LogP contribution is -2.32. The molecule has 2 aromatic rings. The first-order valence-electron chi connectivity index (χ1n) is 7.65. The van der Waals surface area contributed by atoms with Crippen LogP contribution in [0.3, 0.4) is 0 Å². The zero-order valence-corrected chi connectivity index (χ0v) is 13.4. The lowest BCUT2D eigenvalue weighted by atomic mass is 10.1. The molecule has 0 bridgehead atoms. The molecule has 0 radical (unpaired) electrons. The zero-order valence-electron chi connectivity index (χ0n) is 12.6. The van der Waals surface area contributed by atoms with Gasteiger partial charge in [-0.25, -0.2) is 0 Å². The molecule has 4 rings (SSSR count). The third-order valence-corrected chi connectivity index (χ3v) is 5.40. The number of ether oxygens (including phenoxy) is 2. The largest absolute Gasteiger partial charge is 0.468 e. The highest BCUT2D eigenvalue weighted by Crippen LogP contribution is 2.36. The number of carbonyl (C=O) groups excluding carboxylic acids is 1. The summed E-state index contributed by atoms with van der Waals surface area (Å²) < 4.78 is 16.2. The van der Waals surface area contributed by atoms with Gasteiger partial charge in [-0.05, 0) is 36.8 Å². The Kier molecular flexibility index (Phi) is 3.91. The van der Waals surface area contributed by atoms with Crippen molar-refractivity contribution in [3.8, 4) is 11.5 Å². The SMILES string of the molecule is O=C(c1ccc2c(c1)OCO2)N1CCSC(c2ccco2)CC1. The van der Waals surface area contributed by atoms with Crippen LogP contribution in [-0.4, -0.2) is 36.4 Å². The van der Waals surface area contributed by atoms with E-state index in [1.54, 1.807) is 24.5 Å². The van der Waals surface area contributed by atoms with Crippen molar-refractivity contribution in [2.45, 2.75) is 11.7 Å². The third kappa shape index (κ3) is 2.91. The number of nitrogens with zero attached hydrogens (tertiary/aromatic N) is 1. The molecule has 6 heteroatoms. The molecule has 0 N–H and O–H groups in total. The molecule has 1 unspecified atom stereocenters. The predicted octanol–water partition coefficient (Wildman–Crippen LogP) is 3.33. The first-order chi connectivity index (χ1) is 11.3. The lowest BCUT2D eigenvalue weighted by molar-refractivity contribution is 0.0765. The Morgan fingerprint density at radius 2 is 2.09 bits per heavy atom. The molecule has 23 heavy (non-hydrogen) atoms. The van der Waals surface area contributed by atoms with Crippen molar-refractivity contribution in [3.05, 3.63) is 47.9 Å². The van der Waals surface area contributed by atoms with Gasteiger partial charge >= 0.3 is 0 Å². The topological polar surface area (TPSA) is 51.9 Å². The van der Waals surface area contributed by atoms with Gasteiger partial charge in [0.05, 0.1) is 11.5 Å². The van der Waals surface area contributed by atoms with Crippen molar-refractivity contribution in [3.63, 3.8) is 0 Å². The third-order valence-electron chi connectivity index (χ3n) is 4.11. The number of rotatable bonds is 2. The van der Waals surface area contributed by atoms with Crippen molar-refractivity contribution < 1.29 is 18.7 Å². The summed E-state index contributed by atoms with van der Waals surface area (Å²) in [7, 11) is 0. The molecule has 1 amide bonds. The van der Waals surface area contributed by atoms with Gasteiger partial charge in [0, 0.05) is 24.4 Å². The Balaban J connectivity index is 1.46. The molecule has 0 aliphatic carbocycles. The Hall–Kier alpha value is -2.08. The zero-order chi connectivity index (χ0) is 15.6. The average Bonchev–Trinajstić information content (AvgIpc) is 3.21. The number of hydrogen-bond donors (Lipinski definition) is 0. The average molecular weight is 331 g/mol. The summed E-state index contributed by atoms with van der Waals surface area (Å²) >= 11 is 1.85. The quantitative estimate of drug-likeness (QED) is 0.845.